The topological polar surface area (TPSA) is 75.7 Å². The Morgan fingerprint density at radius 1 is 0.938 bits per heavy atom. The minimum atomic E-state index is -3.60. The number of hydrogen-bond acceptors (Lipinski definition) is 4. The summed E-state index contributed by atoms with van der Waals surface area (Å²) in [5, 5.41) is 2.85. The molecule has 3 aromatic carbocycles. The van der Waals surface area contributed by atoms with Crippen LogP contribution in [-0.4, -0.2) is 38.3 Å². The zero-order valence-electron chi connectivity index (χ0n) is 18.5. The molecule has 0 aromatic heterocycles. The maximum Gasteiger partial charge on any atom is 0.255 e. The smallest absolute Gasteiger partial charge is 0.255 e. The van der Waals surface area contributed by atoms with E-state index in [0.29, 0.717) is 23.6 Å². The summed E-state index contributed by atoms with van der Waals surface area (Å²) >= 11 is 0. The SMILES string of the molecule is CC(C)N(C)S(=O)(=O)c1ccc(C(=O)Nc2ccccc2OCCc2ccccc2)cc1. The van der Waals surface area contributed by atoms with Crippen molar-refractivity contribution in [3.05, 3.63) is 90.0 Å². The summed E-state index contributed by atoms with van der Waals surface area (Å²) in [6.07, 6.45) is 0.754. The predicted molar refractivity (Wildman–Crippen MR) is 127 cm³/mol. The van der Waals surface area contributed by atoms with Crippen LogP contribution in [0.1, 0.15) is 29.8 Å². The molecule has 3 rings (SSSR count). The van der Waals surface area contributed by atoms with Crippen molar-refractivity contribution in [3.63, 3.8) is 0 Å². The predicted octanol–water partition coefficient (Wildman–Crippen LogP) is 4.59. The molecule has 0 saturated carbocycles. The Kier molecular flexibility index (Phi) is 7.66. The molecule has 1 amide bonds. The number of nitrogens with one attached hydrogen (secondary N) is 1. The van der Waals surface area contributed by atoms with Crippen molar-refractivity contribution in [1.82, 2.24) is 4.31 Å². The van der Waals surface area contributed by atoms with Gasteiger partial charge in [0.05, 0.1) is 17.2 Å². The second kappa shape index (κ2) is 10.4. The van der Waals surface area contributed by atoms with Crippen LogP contribution in [-0.2, 0) is 16.4 Å². The minimum Gasteiger partial charge on any atom is -0.491 e. The van der Waals surface area contributed by atoms with E-state index >= 15 is 0 Å². The highest BCUT2D eigenvalue weighted by molar-refractivity contribution is 7.89. The molecule has 0 saturated heterocycles. The maximum atomic E-state index is 12.7. The number of carbonyl (C=O) groups excluding carboxylic acids is 1. The number of sulfonamides is 1. The largest absolute Gasteiger partial charge is 0.491 e. The van der Waals surface area contributed by atoms with E-state index < -0.39 is 10.0 Å². The van der Waals surface area contributed by atoms with Crippen molar-refractivity contribution < 1.29 is 17.9 Å². The van der Waals surface area contributed by atoms with Gasteiger partial charge in [-0.3, -0.25) is 4.79 Å². The van der Waals surface area contributed by atoms with E-state index in [1.807, 2.05) is 42.5 Å². The lowest BCUT2D eigenvalue weighted by atomic mass is 10.2. The Hall–Kier alpha value is -3.16. The van der Waals surface area contributed by atoms with Gasteiger partial charge in [-0.2, -0.15) is 4.31 Å². The minimum absolute atomic E-state index is 0.148. The molecule has 0 atom stereocenters. The van der Waals surface area contributed by atoms with Crippen LogP contribution in [0.2, 0.25) is 0 Å². The quantitative estimate of drug-likeness (QED) is 0.515. The highest BCUT2D eigenvalue weighted by atomic mass is 32.2. The first-order valence-electron chi connectivity index (χ1n) is 10.4. The second-order valence-corrected chi connectivity index (χ2v) is 9.67. The van der Waals surface area contributed by atoms with Gasteiger partial charge in [-0.05, 0) is 55.8 Å². The monoisotopic (exact) mass is 452 g/mol. The summed E-state index contributed by atoms with van der Waals surface area (Å²) < 4.78 is 32.4. The molecule has 0 spiro atoms. The van der Waals surface area contributed by atoms with Gasteiger partial charge >= 0.3 is 0 Å². The molecule has 3 aromatic rings. The van der Waals surface area contributed by atoms with Crippen LogP contribution in [0.4, 0.5) is 5.69 Å². The van der Waals surface area contributed by atoms with Crippen LogP contribution in [0.25, 0.3) is 0 Å². The molecule has 0 aliphatic carbocycles. The molecule has 0 unspecified atom stereocenters. The molecule has 0 radical (unpaired) electrons. The van der Waals surface area contributed by atoms with E-state index in [4.69, 9.17) is 4.74 Å². The van der Waals surface area contributed by atoms with Gasteiger partial charge in [-0.15, -0.1) is 0 Å². The van der Waals surface area contributed by atoms with Crippen molar-refractivity contribution in [1.29, 1.82) is 0 Å². The Balaban J connectivity index is 1.67. The van der Waals surface area contributed by atoms with Crippen LogP contribution in [0.3, 0.4) is 0 Å². The van der Waals surface area contributed by atoms with Gasteiger partial charge in [0.25, 0.3) is 5.91 Å². The lowest BCUT2D eigenvalue weighted by Gasteiger charge is -2.21. The summed E-state index contributed by atoms with van der Waals surface area (Å²) in [6.45, 7) is 4.09. The van der Waals surface area contributed by atoms with Gasteiger partial charge in [0.15, 0.2) is 0 Å². The zero-order valence-corrected chi connectivity index (χ0v) is 19.3. The molecule has 7 heteroatoms. The average Bonchev–Trinajstić information content (AvgIpc) is 2.80. The second-order valence-electron chi connectivity index (χ2n) is 7.67. The number of nitrogens with zero attached hydrogens (tertiary/aromatic N) is 1. The number of ether oxygens (including phenoxy) is 1. The van der Waals surface area contributed by atoms with Crippen molar-refractivity contribution >= 4 is 21.6 Å². The van der Waals surface area contributed by atoms with Crippen LogP contribution in [0, 0.1) is 0 Å². The number of benzene rings is 3. The number of anilines is 1. The molecular formula is C25H28N2O4S. The van der Waals surface area contributed by atoms with E-state index in [9.17, 15) is 13.2 Å². The van der Waals surface area contributed by atoms with Crippen LogP contribution in [0.5, 0.6) is 5.75 Å². The molecule has 0 aliphatic heterocycles. The highest BCUT2D eigenvalue weighted by Gasteiger charge is 2.23. The number of para-hydroxylation sites is 2. The third-order valence-corrected chi connectivity index (χ3v) is 7.19. The summed E-state index contributed by atoms with van der Waals surface area (Å²) in [5.41, 5.74) is 2.09. The van der Waals surface area contributed by atoms with E-state index in [-0.39, 0.29) is 16.8 Å². The first kappa shape index (κ1) is 23.5. The molecular weight excluding hydrogens is 424 g/mol. The molecule has 6 nitrogen and oxygen atoms in total. The Bertz CT molecular complexity index is 1140. The van der Waals surface area contributed by atoms with Gasteiger partial charge in [-0.1, -0.05) is 42.5 Å². The number of hydrogen-bond donors (Lipinski definition) is 1. The van der Waals surface area contributed by atoms with E-state index in [0.717, 1.165) is 6.42 Å². The van der Waals surface area contributed by atoms with Gasteiger partial charge in [0.2, 0.25) is 10.0 Å². The summed E-state index contributed by atoms with van der Waals surface area (Å²) in [7, 11) is -2.06. The average molecular weight is 453 g/mol. The first-order valence-corrected chi connectivity index (χ1v) is 11.9. The standard InChI is InChI=1S/C25H28N2O4S/c1-19(2)27(3)32(29,30)22-15-13-21(14-16-22)25(28)26-23-11-7-8-12-24(23)31-18-17-20-9-5-4-6-10-20/h4-16,19H,17-18H2,1-3H3,(H,26,28). The molecule has 0 fully saturated rings. The van der Waals surface area contributed by atoms with Crippen molar-refractivity contribution in [2.24, 2.45) is 0 Å². The molecule has 0 heterocycles. The summed E-state index contributed by atoms with van der Waals surface area (Å²) in [4.78, 5) is 12.9. The Morgan fingerprint density at radius 2 is 1.56 bits per heavy atom. The van der Waals surface area contributed by atoms with E-state index in [1.165, 1.54) is 41.2 Å². The lowest BCUT2D eigenvalue weighted by Crippen LogP contribution is -2.33. The molecule has 168 valence electrons. The van der Waals surface area contributed by atoms with Crippen molar-refractivity contribution in [2.45, 2.75) is 31.2 Å². The first-order chi connectivity index (χ1) is 15.3. The fourth-order valence-electron chi connectivity index (χ4n) is 3.04. The van der Waals surface area contributed by atoms with Gasteiger partial charge in [0.1, 0.15) is 5.75 Å². The van der Waals surface area contributed by atoms with Crippen LogP contribution < -0.4 is 10.1 Å². The molecule has 0 bridgehead atoms. The third kappa shape index (κ3) is 5.75. The van der Waals surface area contributed by atoms with Crippen molar-refractivity contribution in [3.8, 4) is 5.75 Å². The van der Waals surface area contributed by atoms with E-state index in [2.05, 4.69) is 5.32 Å². The van der Waals surface area contributed by atoms with Crippen LogP contribution in [0.15, 0.2) is 83.8 Å². The highest BCUT2D eigenvalue weighted by Crippen LogP contribution is 2.25. The number of amides is 1. The van der Waals surface area contributed by atoms with Crippen LogP contribution >= 0.6 is 0 Å². The fraction of sp³-hybridized carbons (Fsp3) is 0.240. The Labute approximate surface area is 189 Å². The maximum absolute atomic E-state index is 12.7. The lowest BCUT2D eigenvalue weighted by molar-refractivity contribution is 0.102. The summed E-state index contributed by atoms with van der Waals surface area (Å²) in [6, 6.07) is 23.0. The summed E-state index contributed by atoms with van der Waals surface area (Å²) in [5.74, 6) is 0.236. The van der Waals surface area contributed by atoms with E-state index in [1.54, 1.807) is 26.0 Å². The van der Waals surface area contributed by atoms with Gasteiger partial charge in [-0.25, -0.2) is 8.42 Å². The number of rotatable bonds is 9. The van der Waals surface area contributed by atoms with Gasteiger partial charge in [0, 0.05) is 25.1 Å². The molecule has 32 heavy (non-hydrogen) atoms. The molecule has 0 aliphatic rings. The molecule has 1 N–H and O–H groups in total. The fourth-order valence-corrected chi connectivity index (χ4v) is 4.40. The third-order valence-electron chi connectivity index (χ3n) is 5.15. The number of carbonyl (C=O) groups is 1. The van der Waals surface area contributed by atoms with Crippen molar-refractivity contribution in [2.75, 3.05) is 19.0 Å². The normalized spacial score (nSPS) is 11.5. The van der Waals surface area contributed by atoms with Gasteiger partial charge < -0.3 is 10.1 Å². The zero-order chi connectivity index (χ0) is 23.1. The Morgan fingerprint density at radius 3 is 2.22 bits per heavy atom.